The molecule has 0 atom stereocenters. The summed E-state index contributed by atoms with van der Waals surface area (Å²) in [5.41, 5.74) is 0.839. The van der Waals surface area contributed by atoms with Crippen LogP contribution in [0.2, 0.25) is 0 Å². The van der Waals surface area contributed by atoms with E-state index in [-0.39, 0.29) is 23.5 Å². The number of hydrogen-bond donors (Lipinski definition) is 1. The highest BCUT2D eigenvalue weighted by Gasteiger charge is 2.18. The van der Waals surface area contributed by atoms with Crippen molar-refractivity contribution in [1.29, 1.82) is 0 Å². The molecule has 2 aromatic heterocycles. The maximum atomic E-state index is 11.6. The molecule has 86 valence electrons. The maximum absolute atomic E-state index is 11.6. The zero-order valence-corrected chi connectivity index (χ0v) is 10.2. The van der Waals surface area contributed by atoms with Gasteiger partial charge in [0.25, 0.3) is 5.43 Å². The Labute approximate surface area is 101 Å². The molecule has 0 saturated heterocycles. The SMILES string of the molecule is COC(=O)c1cc(=O)c2scc(C)[n+]2[nH]1.[Cl-]. The predicted octanol–water partition coefficient (Wildman–Crippen LogP) is -2.73. The Bertz CT molecular complexity index is 590. The Morgan fingerprint density at radius 3 is 2.88 bits per heavy atom. The third-order valence-corrected chi connectivity index (χ3v) is 3.09. The highest BCUT2D eigenvalue weighted by molar-refractivity contribution is 7.15. The second kappa shape index (κ2) is 4.63. The average Bonchev–Trinajstić information content (AvgIpc) is 2.60. The van der Waals surface area contributed by atoms with Gasteiger partial charge < -0.3 is 17.1 Å². The Hall–Kier alpha value is -1.40. The molecule has 0 aliphatic heterocycles. The van der Waals surface area contributed by atoms with Crippen LogP contribution in [0.5, 0.6) is 0 Å². The van der Waals surface area contributed by atoms with Gasteiger partial charge in [-0.1, -0.05) is 15.9 Å². The lowest BCUT2D eigenvalue weighted by Crippen LogP contribution is -3.00. The number of thiazole rings is 1. The van der Waals surface area contributed by atoms with Crippen molar-refractivity contribution in [3.8, 4) is 0 Å². The van der Waals surface area contributed by atoms with Crippen LogP contribution in [-0.2, 0) is 4.74 Å². The molecule has 0 fully saturated rings. The Morgan fingerprint density at radius 1 is 1.56 bits per heavy atom. The third-order valence-electron chi connectivity index (χ3n) is 2.02. The summed E-state index contributed by atoms with van der Waals surface area (Å²) in [6.07, 6.45) is 0. The fourth-order valence-electron chi connectivity index (χ4n) is 1.27. The first-order chi connectivity index (χ1) is 7.13. The number of carbonyl (C=O) groups excluding carboxylic acids is 1. The smallest absolute Gasteiger partial charge is 0.360 e. The molecule has 0 amide bonds. The zero-order chi connectivity index (χ0) is 11.0. The largest absolute Gasteiger partial charge is 1.00 e. The Kier molecular flexibility index (Phi) is 3.66. The van der Waals surface area contributed by atoms with E-state index in [1.54, 1.807) is 4.52 Å². The van der Waals surface area contributed by atoms with Crippen LogP contribution in [0.1, 0.15) is 16.2 Å². The van der Waals surface area contributed by atoms with Gasteiger partial charge in [0.15, 0.2) is 5.69 Å². The number of hydrogen-bond acceptors (Lipinski definition) is 4. The highest BCUT2D eigenvalue weighted by Crippen LogP contribution is 2.03. The van der Waals surface area contributed by atoms with Gasteiger partial charge in [0, 0.05) is 13.0 Å². The van der Waals surface area contributed by atoms with Crippen molar-refractivity contribution in [3.05, 3.63) is 33.1 Å². The number of ether oxygens (including phenoxy) is 1. The van der Waals surface area contributed by atoms with Crippen molar-refractivity contribution in [1.82, 2.24) is 5.10 Å². The second-order valence-electron chi connectivity index (χ2n) is 3.04. The second-order valence-corrected chi connectivity index (χ2v) is 3.90. The fraction of sp³-hybridized carbons (Fsp3) is 0.222. The molecule has 0 unspecified atom stereocenters. The standard InChI is InChI=1S/C9H8N2O3S.ClH/c1-5-4-15-8-7(12)3-6(9(13)14-2)10-11(5)8;/h3-4H,1-2H3;1H. The van der Waals surface area contributed by atoms with Crippen LogP contribution < -0.4 is 22.4 Å². The minimum Gasteiger partial charge on any atom is -1.00 e. The van der Waals surface area contributed by atoms with Crippen LogP contribution in [0.4, 0.5) is 0 Å². The van der Waals surface area contributed by atoms with Crippen LogP contribution in [0, 0.1) is 6.92 Å². The van der Waals surface area contributed by atoms with E-state index in [2.05, 4.69) is 9.84 Å². The molecule has 2 rings (SSSR count). The number of esters is 1. The number of rotatable bonds is 1. The molecule has 0 aliphatic carbocycles. The monoisotopic (exact) mass is 260 g/mol. The highest BCUT2D eigenvalue weighted by atomic mass is 35.5. The number of H-pyrrole nitrogens is 1. The summed E-state index contributed by atoms with van der Waals surface area (Å²) in [5, 5.41) is 4.66. The van der Waals surface area contributed by atoms with E-state index >= 15 is 0 Å². The molecule has 0 aliphatic rings. The van der Waals surface area contributed by atoms with Crippen molar-refractivity contribution in [2.45, 2.75) is 6.92 Å². The van der Waals surface area contributed by atoms with E-state index < -0.39 is 5.97 Å². The van der Waals surface area contributed by atoms with Gasteiger partial charge in [0.1, 0.15) is 0 Å². The molecule has 7 heteroatoms. The molecule has 1 N–H and O–H groups in total. The van der Waals surface area contributed by atoms with Gasteiger partial charge in [0.05, 0.1) is 12.5 Å². The van der Waals surface area contributed by atoms with E-state index in [0.717, 1.165) is 5.69 Å². The average molecular weight is 261 g/mol. The first kappa shape index (κ1) is 12.7. The Balaban J connectivity index is 0.00000128. The number of methoxy groups -OCH3 is 1. The molecule has 0 spiro atoms. The number of aryl methyl sites for hydroxylation is 1. The lowest BCUT2D eigenvalue weighted by atomic mass is 10.4. The molecule has 2 heterocycles. The number of carbonyl (C=O) groups is 1. The van der Waals surface area contributed by atoms with E-state index in [4.69, 9.17) is 0 Å². The number of halogens is 1. The number of aromatic amines is 1. The van der Waals surface area contributed by atoms with E-state index in [0.29, 0.717) is 4.83 Å². The van der Waals surface area contributed by atoms with Crippen molar-refractivity contribution < 1.29 is 26.5 Å². The minimum atomic E-state index is -0.549. The van der Waals surface area contributed by atoms with Crippen LogP contribution in [-0.4, -0.2) is 18.2 Å². The Morgan fingerprint density at radius 2 is 2.25 bits per heavy atom. The van der Waals surface area contributed by atoms with Crippen LogP contribution in [0.25, 0.3) is 4.83 Å². The van der Waals surface area contributed by atoms with E-state index in [1.165, 1.54) is 24.5 Å². The maximum Gasteiger partial charge on any atom is 0.360 e. The van der Waals surface area contributed by atoms with Gasteiger partial charge in [-0.15, -0.1) is 0 Å². The first-order valence-corrected chi connectivity index (χ1v) is 5.13. The number of nitrogens with zero attached hydrogens (tertiary/aromatic N) is 1. The van der Waals surface area contributed by atoms with E-state index in [1.807, 2.05) is 12.3 Å². The van der Waals surface area contributed by atoms with Gasteiger partial charge in [-0.3, -0.25) is 4.79 Å². The summed E-state index contributed by atoms with van der Waals surface area (Å²) < 4.78 is 6.12. The molecule has 16 heavy (non-hydrogen) atoms. The first-order valence-electron chi connectivity index (χ1n) is 4.25. The van der Waals surface area contributed by atoms with Gasteiger partial charge in [-0.05, 0) is 0 Å². The van der Waals surface area contributed by atoms with Gasteiger partial charge in [-0.2, -0.15) is 5.10 Å². The minimum absolute atomic E-state index is 0. The lowest BCUT2D eigenvalue weighted by Gasteiger charge is -1.95. The van der Waals surface area contributed by atoms with Crippen molar-refractivity contribution in [3.63, 3.8) is 0 Å². The number of fused-ring (bicyclic) bond motifs is 1. The van der Waals surface area contributed by atoms with E-state index in [9.17, 15) is 9.59 Å². The number of nitrogens with one attached hydrogen (secondary N) is 1. The van der Waals surface area contributed by atoms with Crippen molar-refractivity contribution >= 4 is 22.1 Å². The normalized spacial score (nSPS) is 9.88. The van der Waals surface area contributed by atoms with Crippen LogP contribution >= 0.6 is 11.3 Å². The van der Waals surface area contributed by atoms with Crippen LogP contribution in [0.15, 0.2) is 16.2 Å². The summed E-state index contributed by atoms with van der Waals surface area (Å²) in [4.78, 5) is 23.4. The lowest BCUT2D eigenvalue weighted by molar-refractivity contribution is -0.584. The molecule has 0 radical (unpaired) electrons. The molecule has 0 aromatic carbocycles. The van der Waals surface area contributed by atoms with Crippen LogP contribution in [0.3, 0.4) is 0 Å². The van der Waals surface area contributed by atoms with Crippen molar-refractivity contribution in [2.75, 3.05) is 7.11 Å². The molecule has 2 aromatic rings. The summed E-state index contributed by atoms with van der Waals surface area (Å²) in [5.74, 6) is -0.549. The number of aromatic nitrogens is 2. The summed E-state index contributed by atoms with van der Waals surface area (Å²) in [6, 6.07) is 1.25. The molecule has 5 nitrogen and oxygen atoms in total. The van der Waals surface area contributed by atoms with Gasteiger partial charge in [-0.25, -0.2) is 4.79 Å². The fourth-order valence-corrected chi connectivity index (χ4v) is 2.13. The van der Waals surface area contributed by atoms with Gasteiger partial charge >= 0.3 is 10.8 Å². The molecule has 0 saturated carbocycles. The topological polar surface area (TPSA) is 63.3 Å². The molecule has 0 bridgehead atoms. The molecular weight excluding hydrogens is 252 g/mol. The zero-order valence-electron chi connectivity index (χ0n) is 8.61. The summed E-state index contributed by atoms with van der Waals surface area (Å²) in [7, 11) is 1.27. The van der Waals surface area contributed by atoms with Crippen molar-refractivity contribution in [2.24, 2.45) is 0 Å². The quantitative estimate of drug-likeness (QED) is 0.448. The third kappa shape index (κ3) is 1.94. The van der Waals surface area contributed by atoms with Gasteiger partial charge in [0.2, 0.25) is 5.69 Å². The molecular formula is C9H9ClN2O3S. The predicted molar refractivity (Wildman–Crippen MR) is 54.2 cm³/mol. The summed E-state index contributed by atoms with van der Waals surface area (Å²) >= 11 is 1.34. The summed E-state index contributed by atoms with van der Waals surface area (Å²) in [6.45, 7) is 1.85.